The van der Waals surface area contributed by atoms with E-state index in [-0.39, 0.29) is 17.9 Å². The minimum absolute atomic E-state index is 0.0415. The maximum atomic E-state index is 13.5. The van der Waals surface area contributed by atoms with Crippen molar-refractivity contribution in [3.05, 3.63) is 110 Å². The molecule has 0 aliphatic carbocycles. The van der Waals surface area contributed by atoms with Crippen molar-refractivity contribution < 1.29 is 13.5 Å². The lowest BCUT2D eigenvalue weighted by atomic mass is 10.2. The Hall–Kier alpha value is -3.09. The topological polar surface area (TPSA) is 36.2 Å². The Labute approximate surface area is 193 Å². The van der Waals surface area contributed by atoms with Crippen LogP contribution in [0.25, 0.3) is 5.69 Å². The van der Waals surface area contributed by atoms with Crippen LogP contribution in [0.5, 0.6) is 11.5 Å². The van der Waals surface area contributed by atoms with Crippen LogP contribution in [0.4, 0.5) is 8.78 Å². The Morgan fingerprint density at radius 1 is 0.875 bits per heavy atom. The number of halogens is 4. The predicted molar refractivity (Wildman–Crippen MR) is 121 cm³/mol. The molecule has 0 atom stereocenters. The molecule has 0 N–H and O–H groups in total. The number of aryl methyl sites for hydroxylation is 2. The highest BCUT2D eigenvalue weighted by molar-refractivity contribution is 6.37. The zero-order valence-electron chi connectivity index (χ0n) is 17.2. The van der Waals surface area contributed by atoms with Crippen molar-refractivity contribution >= 4 is 23.2 Å². The van der Waals surface area contributed by atoms with Crippen molar-refractivity contribution in [2.75, 3.05) is 0 Å². The molecule has 2 aromatic heterocycles. The van der Waals surface area contributed by atoms with Crippen LogP contribution >= 0.6 is 23.2 Å². The summed E-state index contributed by atoms with van der Waals surface area (Å²) < 4.78 is 35.9. The summed E-state index contributed by atoms with van der Waals surface area (Å²) in [5.41, 5.74) is 2.98. The third kappa shape index (κ3) is 4.42. The fourth-order valence-corrected chi connectivity index (χ4v) is 4.05. The minimum atomic E-state index is -0.977. The van der Waals surface area contributed by atoms with Gasteiger partial charge in [-0.3, -0.25) is 4.79 Å². The SMILES string of the molecule is Cc1ccc(C)n1-c1cc(Cl)c(Oc2ccc(=O)n(Cc3ccc(F)c(F)c3)c2)c(Cl)c1. The van der Waals surface area contributed by atoms with Gasteiger partial charge in [0, 0.05) is 23.1 Å². The highest BCUT2D eigenvalue weighted by atomic mass is 35.5. The van der Waals surface area contributed by atoms with Crippen molar-refractivity contribution in [3.63, 3.8) is 0 Å². The van der Waals surface area contributed by atoms with Crippen molar-refractivity contribution in [2.24, 2.45) is 0 Å². The van der Waals surface area contributed by atoms with E-state index < -0.39 is 11.6 Å². The number of ether oxygens (including phenoxy) is 1. The van der Waals surface area contributed by atoms with Crippen LogP contribution in [0.1, 0.15) is 17.0 Å². The smallest absolute Gasteiger partial charge is 0.251 e. The molecular formula is C24H18Cl2F2N2O2. The summed E-state index contributed by atoms with van der Waals surface area (Å²) in [5.74, 6) is -1.36. The summed E-state index contributed by atoms with van der Waals surface area (Å²) in [5, 5.41) is 0.608. The molecule has 0 amide bonds. The molecule has 4 aromatic rings. The summed E-state index contributed by atoms with van der Waals surface area (Å²) >= 11 is 12.9. The van der Waals surface area contributed by atoms with E-state index in [9.17, 15) is 13.6 Å². The predicted octanol–water partition coefficient (Wildman–Crippen LogP) is 6.68. The highest BCUT2D eigenvalue weighted by Gasteiger charge is 2.14. The van der Waals surface area contributed by atoms with Crippen LogP contribution in [0.3, 0.4) is 0 Å². The first-order chi connectivity index (χ1) is 15.2. The van der Waals surface area contributed by atoms with E-state index >= 15 is 0 Å². The van der Waals surface area contributed by atoms with Crippen LogP contribution in [-0.2, 0) is 6.54 Å². The van der Waals surface area contributed by atoms with Gasteiger partial charge in [0.15, 0.2) is 17.4 Å². The average molecular weight is 475 g/mol. The van der Waals surface area contributed by atoms with Crippen LogP contribution < -0.4 is 10.3 Å². The van der Waals surface area contributed by atoms with Gasteiger partial charge in [0.2, 0.25) is 0 Å². The second-order valence-corrected chi connectivity index (χ2v) is 8.19. The molecule has 4 nitrogen and oxygen atoms in total. The molecule has 0 bridgehead atoms. The first kappa shape index (κ1) is 22.1. The molecule has 0 unspecified atom stereocenters. The lowest BCUT2D eigenvalue weighted by molar-refractivity contribution is 0.474. The van der Waals surface area contributed by atoms with Gasteiger partial charge < -0.3 is 13.9 Å². The minimum Gasteiger partial charge on any atom is -0.453 e. The molecule has 0 saturated carbocycles. The molecule has 0 aliphatic heterocycles. The largest absolute Gasteiger partial charge is 0.453 e. The lowest BCUT2D eigenvalue weighted by Crippen LogP contribution is -2.19. The summed E-state index contributed by atoms with van der Waals surface area (Å²) in [4.78, 5) is 12.2. The molecule has 4 rings (SSSR count). The van der Waals surface area contributed by atoms with E-state index in [4.69, 9.17) is 27.9 Å². The standard InChI is InChI=1S/C24H18Cl2F2N2O2/c1-14-3-4-15(2)30(14)17-10-19(25)24(20(26)11-17)32-18-6-8-23(31)29(13-18)12-16-5-7-21(27)22(28)9-16/h3-11,13H,12H2,1-2H3. The van der Waals surface area contributed by atoms with Crippen LogP contribution in [0.15, 0.2) is 65.6 Å². The molecule has 32 heavy (non-hydrogen) atoms. The number of pyridine rings is 1. The Morgan fingerprint density at radius 2 is 1.53 bits per heavy atom. The molecular weight excluding hydrogens is 457 g/mol. The number of hydrogen-bond acceptors (Lipinski definition) is 2. The van der Waals surface area contributed by atoms with Crippen molar-refractivity contribution in [2.45, 2.75) is 20.4 Å². The summed E-state index contributed by atoms with van der Waals surface area (Å²) in [7, 11) is 0. The van der Waals surface area contributed by atoms with Crippen molar-refractivity contribution in [1.82, 2.24) is 9.13 Å². The van der Waals surface area contributed by atoms with Gasteiger partial charge in [-0.05, 0) is 61.9 Å². The Bertz CT molecular complexity index is 1340. The number of aromatic nitrogens is 2. The van der Waals surface area contributed by atoms with Crippen LogP contribution in [-0.4, -0.2) is 9.13 Å². The Kier molecular flexibility index (Phi) is 6.09. The number of rotatable bonds is 5. The van der Waals surface area contributed by atoms with Crippen LogP contribution in [0, 0.1) is 25.5 Å². The van der Waals surface area contributed by atoms with Crippen LogP contribution in [0.2, 0.25) is 10.0 Å². The van der Waals surface area contributed by atoms with Gasteiger partial charge in [-0.2, -0.15) is 0 Å². The molecule has 164 valence electrons. The fraction of sp³-hybridized carbons (Fsp3) is 0.125. The molecule has 0 radical (unpaired) electrons. The van der Waals surface area contributed by atoms with Gasteiger partial charge in [-0.25, -0.2) is 8.78 Å². The van der Waals surface area contributed by atoms with Crippen molar-refractivity contribution in [1.29, 1.82) is 0 Å². The monoisotopic (exact) mass is 474 g/mol. The second-order valence-electron chi connectivity index (χ2n) is 7.37. The second kappa shape index (κ2) is 8.81. The van der Waals surface area contributed by atoms with Gasteiger partial charge in [-0.1, -0.05) is 29.3 Å². The molecule has 0 spiro atoms. The zero-order chi connectivity index (χ0) is 23.0. The fourth-order valence-electron chi connectivity index (χ4n) is 3.49. The first-order valence-corrected chi connectivity index (χ1v) is 10.4. The van der Waals surface area contributed by atoms with Gasteiger partial charge in [0.05, 0.1) is 22.8 Å². The lowest BCUT2D eigenvalue weighted by Gasteiger charge is -2.15. The maximum absolute atomic E-state index is 13.5. The first-order valence-electron chi connectivity index (χ1n) is 9.69. The Balaban J connectivity index is 1.64. The van der Waals surface area contributed by atoms with E-state index in [1.165, 1.54) is 29.0 Å². The molecule has 0 fully saturated rings. The Morgan fingerprint density at radius 3 is 2.16 bits per heavy atom. The molecule has 2 aromatic carbocycles. The maximum Gasteiger partial charge on any atom is 0.251 e. The number of benzene rings is 2. The molecule has 2 heterocycles. The molecule has 8 heteroatoms. The third-order valence-electron chi connectivity index (χ3n) is 5.03. The highest BCUT2D eigenvalue weighted by Crippen LogP contribution is 2.38. The molecule has 0 saturated heterocycles. The summed E-state index contributed by atoms with van der Waals surface area (Å²) in [6.45, 7) is 4.00. The van der Waals surface area contributed by atoms with Gasteiger partial charge in [0.25, 0.3) is 5.56 Å². The van der Waals surface area contributed by atoms with E-state index in [0.29, 0.717) is 21.4 Å². The normalized spacial score (nSPS) is 11.1. The quantitative estimate of drug-likeness (QED) is 0.323. The van der Waals surface area contributed by atoms with Gasteiger partial charge >= 0.3 is 0 Å². The summed E-state index contributed by atoms with van der Waals surface area (Å²) in [6, 6.07) is 13.8. The van der Waals surface area contributed by atoms with Gasteiger partial charge in [-0.15, -0.1) is 0 Å². The zero-order valence-corrected chi connectivity index (χ0v) is 18.7. The van der Waals surface area contributed by atoms with Gasteiger partial charge in [0.1, 0.15) is 5.75 Å². The van der Waals surface area contributed by atoms with E-state index in [2.05, 4.69) is 0 Å². The van der Waals surface area contributed by atoms with Crippen molar-refractivity contribution in [3.8, 4) is 17.2 Å². The van der Waals surface area contributed by atoms with E-state index in [1.54, 1.807) is 12.1 Å². The number of hydrogen-bond donors (Lipinski definition) is 0. The molecule has 0 aliphatic rings. The third-order valence-corrected chi connectivity index (χ3v) is 5.59. The van der Waals surface area contributed by atoms with E-state index in [0.717, 1.165) is 29.2 Å². The number of nitrogens with zero attached hydrogens (tertiary/aromatic N) is 2. The summed E-state index contributed by atoms with van der Waals surface area (Å²) in [6.07, 6.45) is 1.46. The van der Waals surface area contributed by atoms with E-state index in [1.807, 2.05) is 30.5 Å². The average Bonchev–Trinajstić information content (AvgIpc) is 3.08.